The Bertz CT molecular complexity index is 962. The molecule has 2 heterocycles. The van der Waals surface area contributed by atoms with E-state index in [4.69, 9.17) is 9.15 Å². The molecule has 126 valence electrons. The summed E-state index contributed by atoms with van der Waals surface area (Å²) in [7, 11) is 1.67. The average molecular weight is 344 g/mol. The van der Waals surface area contributed by atoms with Gasteiger partial charge < -0.3 is 13.7 Å². The van der Waals surface area contributed by atoms with E-state index < -0.39 is 0 Å². The Labute approximate surface area is 144 Å². The zero-order valence-corrected chi connectivity index (χ0v) is 15.1. The number of methoxy groups -OCH3 is 1. The summed E-state index contributed by atoms with van der Waals surface area (Å²) in [6.45, 7) is 6.87. The maximum absolute atomic E-state index is 12.6. The maximum atomic E-state index is 12.6. The Morgan fingerprint density at radius 2 is 2.08 bits per heavy atom. The van der Waals surface area contributed by atoms with Crippen molar-refractivity contribution in [2.45, 2.75) is 27.3 Å². The number of furan rings is 1. The summed E-state index contributed by atoms with van der Waals surface area (Å²) in [5, 5.41) is 0. The number of hydrogen-bond acceptors (Lipinski definition) is 4. The van der Waals surface area contributed by atoms with E-state index in [2.05, 4.69) is 30.1 Å². The lowest BCUT2D eigenvalue weighted by Gasteiger charge is -2.04. The first-order valence-corrected chi connectivity index (χ1v) is 8.56. The van der Waals surface area contributed by atoms with Gasteiger partial charge in [0, 0.05) is 13.7 Å². The Hall–Kier alpha value is -2.18. The van der Waals surface area contributed by atoms with Gasteiger partial charge in [0.15, 0.2) is 4.80 Å². The third-order valence-corrected chi connectivity index (χ3v) is 4.87. The van der Waals surface area contributed by atoms with Gasteiger partial charge in [0.05, 0.1) is 22.4 Å². The molecule has 0 N–H and O–H groups in total. The van der Waals surface area contributed by atoms with Crippen LogP contribution in [0.25, 0.3) is 10.2 Å². The third kappa shape index (κ3) is 3.20. The van der Waals surface area contributed by atoms with Crippen molar-refractivity contribution >= 4 is 27.5 Å². The number of benzene rings is 1. The summed E-state index contributed by atoms with van der Waals surface area (Å²) in [5.74, 6) is 1.03. The monoisotopic (exact) mass is 344 g/mol. The summed E-state index contributed by atoms with van der Waals surface area (Å²) in [4.78, 5) is 17.6. The fourth-order valence-electron chi connectivity index (χ4n) is 2.65. The van der Waals surface area contributed by atoms with E-state index in [1.807, 2.05) is 11.5 Å². The van der Waals surface area contributed by atoms with Crippen molar-refractivity contribution in [2.75, 3.05) is 13.7 Å². The molecule has 1 aromatic carbocycles. The fourth-order valence-corrected chi connectivity index (χ4v) is 3.81. The van der Waals surface area contributed by atoms with Crippen molar-refractivity contribution in [3.8, 4) is 0 Å². The van der Waals surface area contributed by atoms with E-state index >= 15 is 0 Å². The van der Waals surface area contributed by atoms with Crippen LogP contribution >= 0.6 is 11.3 Å². The van der Waals surface area contributed by atoms with Crippen LogP contribution in [0.4, 0.5) is 0 Å². The number of carbonyl (C=O) groups excluding carboxylic acids is 1. The molecule has 0 fully saturated rings. The minimum Gasteiger partial charge on any atom is -0.466 e. The summed E-state index contributed by atoms with van der Waals surface area (Å²) in [5.41, 5.74) is 2.76. The standard InChI is InChI=1S/C18H20N2O3S/c1-11-5-6-15-16(9-11)24-18(20(15)7-8-22-4)19-17(21)14-10-12(2)23-13(14)3/h5-6,9-10H,7-8H2,1-4H3. The van der Waals surface area contributed by atoms with Crippen LogP contribution in [0, 0.1) is 20.8 Å². The van der Waals surface area contributed by atoms with Crippen LogP contribution in [0.3, 0.4) is 0 Å². The first kappa shape index (κ1) is 16.7. The van der Waals surface area contributed by atoms with Crippen LogP contribution in [0.5, 0.6) is 0 Å². The number of aromatic nitrogens is 1. The van der Waals surface area contributed by atoms with Gasteiger partial charge in [0.2, 0.25) is 0 Å². The van der Waals surface area contributed by atoms with E-state index in [1.54, 1.807) is 20.1 Å². The number of amides is 1. The number of fused-ring (bicyclic) bond motifs is 1. The molecule has 0 aliphatic heterocycles. The molecular formula is C18H20N2O3S. The Kier molecular flexibility index (Phi) is 4.69. The molecule has 5 nitrogen and oxygen atoms in total. The van der Waals surface area contributed by atoms with Gasteiger partial charge in [-0.3, -0.25) is 4.79 Å². The summed E-state index contributed by atoms with van der Waals surface area (Å²) >= 11 is 1.51. The van der Waals surface area contributed by atoms with Gasteiger partial charge >= 0.3 is 0 Å². The van der Waals surface area contributed by atoms with Gasteiger partial charge in [-0.05, 0) is 44.5 Å². The van der Waals surface area contributed by atoms with Crippen LogP contribution in [-0.2, 0) is 11.3 Å². The topological polar surface area (TPSA) is 56.7 Å². The smallest absolute Gasteiger partial charge is 0.283 e. The van der Waals surface area contributed by atoms with Crippen molar-refractivity contribution in [1.29, 1.82) is 0 Å². The van der Waals surface area contributed by atoms with Crippen molar-refractivity contribution in [1.82, 2.24) is 4.57 Å². The van der Waals surface area contributed by atoms with Gasteiger partial charge in [-0.1, -0.05) is 17.4 Å². The maximum Gasteiger partial charge on any atom is 0.283 e. The highest BCUT2D eigenvalue weighted by Gasteiger charge is 2.14. The fraction of sp³-hybridized carbons (Fsp3) is 0.333. The molecule has 0 saturated heterocycles. The highest BCUT2D eigenvalue weighted by atomic mass is 32.1. The number of aryl methyl sites for hydroxylation is 3. The van der Waals surface area contributed by atoms with Gasteiger partial charge in [0.25, 0.3) is 5.91 Å². The molecule has 24 heavy (non-hydrogen) atoms. The van der Waals surface area contributed by atoms with Crippen molar-refractivity contribution < 1.29 is 13.9 Å². The van der Waals surface area contributed by atoms with Crippen LogP contribution in [0.1, 0.15) is 27.4 Å². The highest BCUT2D eigenvalue weighted by Crippen LogP contribution is 2.20. The molecule has 6 heteroatoms. The molecular weight excluding hydrogens is 324 g/mol. The lowest BCUT2D eigenvalue weighted by molar-refractivity contribution is 0.0996. The molecule has 0 radical (unpaired) electrons. The van der Waals surface area contributed by atoms with Gasteiger partial charge in [-0.2, -0.15) is 4.99 Å². The zero-order valence-electron chi connectivity index (χ0n) is 14.3. The van der Waals surface area contributed by atoms with Crippen LogP contribution in [-0.4, -0.2) is 24.2 Å². The van der Waals surface area contributed by atoms with Gasteiger partial charge in [0.1, 0.15) is 11.5 Å². The second-order valence-corrected chi connectivity index (χ2v) is 6.75. The number of hydrogen-bond donors (Lipinski definition) is 0. The molecule has 1 amide bonds. The van der Waals surface area contributed by atoms with E-state index in [0.29, 0.717) is 35.0 Å². The van der Waals surface area contributed by atoms with Crippen LogP contribution in [0.2, 0.25) is 0 Å². The minimum absolute atomic E-state index is 0.279. The second-order valence-electron chi connectivity index (χ2n) is 5.74. The first-order chi connectivity index (χ1) is 11.5. The molecule has 0 bridgehead atoms. The van der Waals surface area contributed by atoms with Crippen LogP contribution < -0.4 is 4.80 Å². The van der Waals surface area contributed by atoms with E-state index in [-0.39, 0.29) is 5.91 Å². The number of nitrogens with zero attached hydrogens (tertiary/aromatic N) is 2. The Morgan fingerprint density at radius 3 is 2.75 bits per heavy atom. The molecule has 3 aromatic rings. The zero-order chi connectivity index (χ0) is 17.3. The summed E-state index contributed by atoms with van der Waals surface area (Å²) < 4.78 is 13.8. The number of ether oxygens (including phenoxy) is 1. The Morgan fingerprint density at radius 1 is 1.29 bits per heavy atom. The molecule has 0 spiro atoms. The molecule has 0 unspecified atom stereocenters. The number of rotatable bonds is 4. The average Bonchev–Trinajstić information content (AvgIpc) is 3.04. The van der Waals surface area contributed by atoms with E-state index in [9.17, 15) is 4.79 Å². The predicted octanol–water partition coefficient (Wildman–Crippen LogP) is 3.61. The molecule has 0 aliphatic carbocycles. The molecule has 3 rings (SSSR count). The number of thiazole rings is 1. The summed E-state index contributed by atoms with van der Waals surface area (Å²) in [6.07, 6.45) is 0. The molecule has 2 aromatic heterocycles. The molecule has 0 saturated carbocycles. The van der Waals surface area contributed by atoms with Crippen molar-refractivity contribution in [2.24, 2.45) is 4.99 Å². The van der Waals surface area contributed by atoms with Gasteiger partial charge in [-0.25, -0.2) is 0 Å². The lowest BCUT2D eigenvalue weighted by Crippen LogP contribution is -2.19. The van der Waals surface area contributed by atoms with Gasteiger partial charge in [-0.15, -0.1) is 0 Å². The summed E-state index contributed by atoms with van der Waals surface area (Å²) in [6, 6.07) is 7.97. The normalized spacial score (nSPS) is 12.2. The third-order valence-electron chi connectivity index (χ3n) is 3.83. The molecule has 0 atom stereocenters. The second kappa shape index (κ2) is 6.75. The quantitative estimate of drug-likeness (QED) is 0.726. The Balaban J connectivity index is 2.13. The lowest BCUT2D eigenvalue weighted by atomic mass is 10.2. The van der Waals surface area contributed by atoms with Crippen LogP contribution in [0.15, 0.2) is 33.7 Å². The highest BCUT2D eigenvalue weighted by molar-refractivity contribution is 7.16. The predicted molar refractivity (Wildman–Crippen MR) is 94.5 cm³/mol. The van der Waals surface area contributed by atoms with Crippen molar-refractivity contribution in [3.05, 3.63) is 51.7 Å². The SMILES string of the molecule is COCCn1c(=NC(=O)c2cc(C)oc2C)sc2cc(C)ccc21. The van der Waals surface area contributed by atoms with E-state index in [0.717, 1.165) is 10.2 Å². The first-order valence-electron chi connectivity index (χ1n) is 7.74. The van der Waals surface area contributed by atoms with E-state index in [1.165, 1.54) is 16.9 Å². The largest absolute Gasteiger partial charge is 0.466 e. The number of carbonyl (C=O) groups is 1. The minimum atomic E-state index is -0.279. The molecule has 0 aliphatic rings. The van der Waals surface area contributed by atoms with Crippen molar-refractivity contribution in [3.63, 3.8) is 0 Å².